The summed E-state index contributed by atoms with van der Waals surface area (Å²) >= 11 is 0. The third-order valence-electron chi connectivity index (χ3n) is 5.52. The maximum absolute atomic E-state index is 11.8. The number of carbonyl (C=O) groups excluding carboxylic acids is 2. The first-order chi connectivity index (χ1) is 11.7. The number of nitrogens with one attached hydrogen (secondary N) is 2. The highest BCUT2D eigenvalue weighted by molar-refractivity contribution is 5.96. The lowest BCUT2D eigenvalue weighted by atomic mass is 9.74. The molecule has 24 heavy (non-hydrogen) atoms. The number of hydrogen-bond donors (Lipinski definition) is 2. The molecular weight excluding hydrogens is 304 g/mol. The third-order valence-corrected chi connectivity index (χ3v) is 5.52. The Bertz CT molecular complexity index is 619. The Balaban J connectivity index is 1.15. The van der Waals surface area contributed by atoms with Gasteiger partial charge >= 0.3 is 0 Å². The number of amides is 2. The van der Waals surface area contributed by atoms with E-state index in [4.69, 9.17) is 0 Å². The van der Waals surface area contributed by atoms with Gasteiger partial charge in [-0.2, -0.15) is 10.2 Å². The highest BCUT2D eigenvalue weighted by Gasteiger charge is 2.38. The summed E-state index contributed by atoms with van der Waals surface area (Å²) in [6.45, 7) is 0. The van der Waals surface area contributed by atoms with E-state index >= 15 is 0 Å². The molecule has 0 saturated heterocycles. The number of nitrogens with zero attached hydrogens (tertiary/aromatic N) is 2. The second kappa shape index (κ2) is 6.34. The van der Waals surface area contributed by atoms with Gasteiger partial charge in [-0.25, -0.2) is 10.9 Å². The minimum atomic E-state index is -0.224. The summed E-state index contributed by atoms with van der Waals surface area (Å²) in [6.07, 6.45) is 13.1. The molecule has 0 aromatic heterocycles. The smallest absolute Gasteiger partial charge is 0.240 e. The predicted molar refractivity (Wildman–Crippen MR) is 91.1 cm³/mol. The average Bonchev–Trinajstić information content (AvgIpc) is 3.09. The maximum atomic E-state index is 11.8. The zero-order valence-corrected chi connectivity index (χ0v) is 13.6. The molecule has 0 spiro atoms. The first-order valence-corrected chi connectivity index (χ1v) is 8.74. The third kappa shape index (κ3) is 2.92. The van der Waals surface area contributed by atoms with Crippen molar-refractivity contribution in [2.45, 2.75) is 38.5 Å². The fourth-order valence-corrected chi connectivity index (χ4v) is 3.93. The molecule has 4 atom stereocenters. The number of hydrazone groups is 2. The molecule has 0 heterocycles. The molecule has 6 heteroatoms. The Labute approximate surface area is 141 Å². The van der Waals surface area contributed by atoms with Gasteiger partial charge in [-0.3, -0.25) is 9.59 Å². The summed E-state index contributed by atoms with van der Waals surface area (Å²) in [5, 5.41) is 8.36. The molecule has 4 aliphatic carbocycles. The summed E-state index contributed by atoms with van der Waals surface area (Å²) in [6, 6.07) is 0. The van der Waals surface area contributed by atoms with Crippen molar-refractivity contribution in [2.75, 3.05) is 0 Å². The van der Waals surface area contributed by atoms with Crippen LogP contribution >= 0.6 is 0 Å². The van der Waals surface area contributed by atoms with E-state index in [0.717, 1.165) is 37.1 Å². The molecule has 0 aromatic rings. The van der Waals surface area contributed by atoms with Crippen LogP contribution in [0.2, 0.25) is 0 Å². The molecule has 2 fully saturated rings. The van der Waals surface area contributed by atoms with E-state index in [1.165, 1.54) is 0 Å². The van der Waals surface area contributed by atoms with Crippen molar-refractivity contribution in [3.8, 4) is 0 Å². The SMILES string of the molecule is O=C(CCC(=O)N/N=C1\CC2CC=CC12)N/N=C1/CC2CC=CC12. The topological polar surface area (TPSA) is 82.9 Å². The fourth-order valence-electron chi connectivity index (χ4n) is 3.93. The summed E-state index contributed by atoms with van der Waals surface area (Å²) in [5.41, 5.74) is 7.21. The van der Waals surface area contributed by atoms with Crippen LogP contribution in [0.3, 0.4) is 0 Å². The van der Waals surface area contributed by atoms with Gasteiger partial charge in [0.2, 0.25) is 11.8 Å². The van der Waals surface area contributed by atoms with Crippen LogP contribution in [-0.4, -0.2) is 23.2 Å². The molecule has 4 unspecified atom stereocenters. The van der Waals surface area contributed by atoms with Crippen LogP contribution in [0.25, 0.3) is 0 Å². The molecule has 2 N–H and O–H groups in total. The van der Waals surface area contributed by atoms with Gasteiger partial charge in [0.05, 0.1) is 0 Å². The van der Waals surface area contributed by atoms with E-state index < -0.39 is 0 Å². The van der Waals surface area contributed by atoms with Crippen molar-refractivity contribution in [1.29, 1.82) is 0 Å². The number of allylic oxidation sites excluding steroid dienone is 4. The minimum Gasteiger partial charge on any atom is -0.273 e. The van der Waals surface area contributed by atoms with Crippen molar-refractivity contribution in [3.63, 3.8) is 0 Å². The maximum Gasteiger partial charge on any atom is 0.240 e. The predicted octanol–water partition coefficient (Wildman–Crippen LogP) is 1.90. The van der Waals surface area contributed by atoms with Crippen molar-refractivity contribution in [2.24, 2.45) is 33.9 Å². The van der Waals surface area contributed by atoms with E-state index in [1.54, 1.807) is 0 Å². The quantitative estimate of drug-likeness (QED) is 0.597. The summed E-state index contributed by atoms with van der Waals surface area (Å²) in [5.74, 6) is 1.76. The van der Waals surface area contributed by atoms with Gasteiger partial charge in [0.1, 0.15) is 0 Å². The summed E-state index contributed by atoms with van der Waals surface area (Å²) in [4.78, 5) is 23.6. The van der Waals surface area contributed by atoms with Crippen LogP contribution in [0.15, 0.2) is 34.5 Å². The molecular formula is C18H22N4O2. The van der Waals surface area contributed by atoms with E-state index in [9.17, 15) is 9.59 Å². The Kier molecular flexibility index (Phi) is 4.04. The lowest BCUT2D eigenvalue weighted by molar-refractivity contribution is -0.126. The van der Waals surface area contributed by atoms with Crippen LogP contribution < -0.4 is 10.9 Å². The molecule has 0 aliphatic heterocycles. The molecule has 6 nitrogen and oxygen atoms in total. The zero-order valence-electron chi connectivity index (χ0n) is 13.6. The molecule has 4 aliphatic rings. The van der Waals surface area contributed by atoms with Crippen LogP contribution in [-0.2, 0) is 9.59 Å². The molecule has 126 valence electrons. The number of hydrogen-bond acceptors (Lipinski definition) is 4. The number of carbonyl (C=O) groups is 2. The second-order valence-corrected chi connectivity index (χ2v) is 7.08. The van der Waals surface area contributed by atoms with Crippen molar-refractivity contribution >= 4 is 23.2 Å². The summed E-state index contributed by atoms with van der Waals surface area (Å²) < 4.78 is 0. The molecule has 2 amide bonds. The Morgan fingerprint density at radius 1 is 0.875 bits per heavy atom. The molecule has 0 aromatic carbocycles. The summed E-state index contributed by atoms with van der Waals surface area (Å²) in [7, 11) is 0. The van der Waals surface area contributed by atoms with Gasteiger partial charge in [-0.15, -0.1) is 0 Å². The molecule has 4 rings (SSSR count). The van der Waals surface area contributed by atoms with Gasteiger partial charge in [-0.1, -0.05) is 24.3 Å². The lowest BCUT2D eigenvalue weighted by Crippen LogP contribution is -2.36. The second-order valence-electron chi connectivity index (χ2n) is 7.08. The van der Waals surface area contributed by atoms with Crippen molar-refractivity contribution in [3.05, 3.63) is 24.3 Å². The Morgan fingerprint density at radius 2 is 1.33 bits per heavy atom. The van der Waals surface area contributed by atoms with Gasteiger partial charge in [0, 0.05) is 36.1 Å². The molecule has 0 radical (unpaired) electrons. The Morgan fingerprint density at radius 3 is 1.75 bits per heavy atom. The van der Waals surface area contributed by atoms with Crippen molar-refractivity contribution in [1.82, 2.24) is 10.9 Å². The van der Waals surface area contributed by atoms with Crippen LogP contribution in [0, 0.1) is 23.7 Å². The van der Waals surface area contributed by atoms with Gasteiger partial charge in [-0.05, 0) is 37.5 Å². The van der Waals surface area contributed by atoms with E-state index in [-0.39, 0.29) is 24.7 Å². The first-order valence-electron chi connectivity index (χ1n) is 8.74. The van der Waals surface area contributed by atoms with Gasteiger partial charge < -0.3 is 0 Å². The number of fused-ring (bicyclic) bond motifs is 2. The van der Waals surface area contributed by atoms with Crippen LogP contribution in [0.5, 0.6) is 0 Å². The highest BCUT2D eigenvalue weighted by Crippen LogP contribution is 2.40. The largest absolute Gasteiger partial charge is 0.273 e. The van der Waals surface area contributed by atoms with E-state index in [2.05, 4.69) is 45.4 Å². The van der Waals surface area contributed by atoms with Crippen molar-refractivity contribution < 1.29 is 9.59 Å². The minimum absolute atomic E-state index is 0.128. The number of rotatable bonds is 5. The normalized spacial score (nSPS) is 35.3. The lowest BCUT2D eigenvalue weighted by Gasteiger charge is -2.31. The standard InChI is InChI=1S/C18H22N4O2/c23-17(21-19-15-9-11-3-1-5-13(11)15)7-8-18(24)22-20-16-10-12-4-2-6-14(12)16/h1-2,5-6,11-14H,3-4,7-10H2,(H,21,23)(H,22,24)/b19-15-,20-16+. The molecule has 0 bridgehead atoms. The highest BCUT2D eigenvalue weighted by atomic mass is 16.2. The molecule has 2 saturated carbocycles. The van der Waals surface area contributed by atoms with E-state index in [1.807, 2.05) is 0 Å². The van der Waals surface area contributed by atoms with Crippen LogP contribution in [0.4, 0.5) is 0 Å². The van der Waals surface area contributed by atoms with Gasteiger partial charge in [0.25, 0.3) is 0 Å². The van der Waals surface area contributed by atoms with E-state index in [0.29, 0.717) is 23.7 Å². The monoisotopic (exact) mass is 326 g/mol. The fraction of sp³-hybridized carbons (Fsp3) is 0.556. The zero-order chi connectivity index (χ0) is 16.5. The van der Waals surface area contributed by atoms with Gasteiger partial charge in [0.15, 0.2) is 0 Å². The first kappa shape index (κ1) is 15.3. The average molecular weight is 326 g/mol. The van der Waals surface area contributed by atoms with Crippen LogP contribution in [0.1, 0.15) is 38.5 Å². The Hall–Kier alpha value is -2.24.